The molecule has 1 aliphatic carbocycles. The monoisotopic (exact) mass is 278 g/mol. The molecule has 1 amide bonds. The summed E-state index contributed by atoms with van der Waals surface area (Å²) in [5.74, 6) is 0.462. The van der Waals surface area contributed by atoms with Gasteiger partial charge >= 0.3 is 0 Å². The molecule has 0 saturated heterocycles. The molecule has 1 fully saturated rings. The average Bonchev–Trinajstić information content (AvgIpc) is 3.28. The second-order valence-electron chi connectivity index (χ2n) is 5.19. The molecule has 1 aromatic rings. The molecule has 110 valence electrons. The second-order valence-corrected chi connectivity index (χ2v) is 5.19. The van der Waals surface area contributed by atoms with Gasteiger partial charge in [-0.25, -0.2) is 0 Å². The van der Waals surface area contributed by atoms with E-state index in [1.54, 1.807) is 12.1 Å². The Hall–Kier alpha value is -1.59. The third-order valence-corrected chi connectivity index (χ3v) is 3.80. The Morgan fingerprint density at radius 2 is 2.20 bits per heavy atom. The topological polar surface area (TPSA) is 84.6 Å². The van der Waals surface area contributed by atoms with Gasteiger partial charge in [-0.1, -0.05) is 25.1 Å². The number of aliphatic hydroxyl groups excluding tert-OH is 1. The van der Waals surface area contributed by atoms with Crippen LogP contribution in [-0.4, -0.2) is 29.7 Å². The summed E-state index contributed by atoms with van der Waals surface area (Å²) in [6, 6.07) is 7.26. The summed E-state index contributed by atoms with van der Waals surface area (Å²) in [7, 11) is 0. The summed E-state index contributed by atoms with van der Waals surface area (Å²) < 4.78 is 5.79. The summed E-state index contributed by atoms with van der Waals surface area (Å²) in [6.07, 6.45) is 1.97. The molecule has 4 N–H and O–H groups in total. The van der Waals surface area contributed by atoms with E-state index in [1.165, 1.54) is 0 Å². The predicted molar refractivity (Wildman–Crippen MR) is 76.2 cm³/mol. The number of carbonyl (C=O) groups excluding carboxylic acids is 1. The third-order valence-electron chi connectivity index (χ3n) is 3.80. The summed E-state index contributed by atoms with van der Waals surface area (Å²) >= 11 is 0. The molecule has 0 bridgehead atoms. The number of hydrogen-bond donors (Lipinski definition) is 3. The lowest BCUT2D eigenvalue weighted by molar-refractivity contribution is -0.126. The largest absolute Gasteiger partial charge is 0.491 e. The van der Waals surface area contributed by atoms with Crippen molar-refractivity contribution in [2.75, 3.05) is 13.2 Å². The van der Waals surface area contributed by atoms with E-state index in [2.05, 4.69) is 5.32 Å². The maximum absolute atomic E-state index is 11.9. The Morgan fingerprint density at radius 3 is 2.75 bits per heavy atom. The highest BCUT2D eigenvalue weighted by Gasteiger charge is 2.50. The Labute approximate surface area is 119 Å². The van der Waals surface area contributed by atoms with Gasteiger partial charge in [-0.15, -0.1) is 0 Å². The van der Waals surface area contributed by atoms with Crippen LogP contribution in [0.2, 0.25) is 0 Å². The van der Waals surface area contributed by atoms with Crippen molar-refractivity contribution in [1.82, 2.24) is 5.32 Å². The minimum atomic E-state index is -0.808. The molecule has 0 aromatic heterocycles. The van der Waals surface area contributed by atoms with E-state index in [4.69, 9.17) is 10.5 Å². The Kier molecular flexibility index (Phi) is 4.62. The van der Waals surface area contributed by atoms with Crippen LogP contribution in [0, 0.1) is 5.92 Å². The summed E-state index contributed by atoms with van der Waals surface area (Å²) in [6.45, 7) is 2.70. The van der Waals surface area contributed by atoms with Gasteiger partial charge in [0.25, 0.3) is 0 Å². The first-order valence-corrected chi connectivity index (χ1v) is 7.00. The van der Waals surface area contributed by atoms with Crippen LogP contribution in [0.3, 0.4) is 0 Å². The van der Waals surface area contributed by atoms with Crippen molar-refractivity contribution < 1.29 is 14.6 Å². The number of hydrogen-bond acceptors (Lipinski definition) is 4. The van der Waals surface area contributed by atoms with Gasteiger partial charge in [0.15, 0.2) is 0 Å². The van der Waals surface area contributed by atoms with E-state index < -0.39 is 5.54 Å². The molecule has 1 unspecified atom stereocenters. The average molecular weight is 278 g/mol. The van der Waals surface area contributed by atoms with Crippen LogP contribution >= 0.6 is 0 Å². The van der Waals surface area contributed by atoms with Gasteiger partial charge in [-0.05, 0) is 31.4 Å². The van der Waals surface area contributed by atoms with E-state index in [0.717, 1.165) is 12.8 Å². The number of ether oxygens (including phenoxy) is 1. The quantitative estimate of drug-likeness (QED) is 0.656. The van der Waals surface area contributed by atoms with Crippen molar-refractivity contribution in [3.63, 3.8) is 0 Å². The molecule has 0 aliphatic heterocycles. The van der Waals surface area contributed by atoms with Crippen LogP contribution in [0.1, 0.15) is 25.3 Å². The fraction of sp³-hybridized carbons (Fsp3) is 0.533. The molecule has 5 heteroatoms. The highest BCUT2D eigenvalue weighted by molar-refractivity contribution is 5.85. The Bertz CT molecular complexity index is 474. The zero-order chi connectivity index (χ0) is 14.6. The van der Waals surface area contributed by atoms with Crippen LogP contribution in [0.25, 0.3) is 0 Å². The molecule has 0 radical (unpaired) electrons. The second kappa shape index (κ2) is 6.24. The fourth-order valence-electron chi connectivity index (χ4n) is 2.53. The van der Waals surface area contributed by atoms with Gasteiger partial charge in [0.2, 0.25) is 5.91 Å². The van der Waals surface area contributed by atoms with Gasteiger partial charge < -0.3 is 20.9 Å². The van der Waals surface area contributed by atoms with E-state index in [-0.39, 0.29) is 25.0 Å². The van der Waals surface area contributed by atoms with Crippen molar-refractivity contribution in [2.24, 2.45) is 11.7 Å². The lowest BCUT2D eigenvalue weighted by Crippen LogP contribution is -2.61. The first-order valence-electron chi connectivity index (χ1n) is 7.00. The number of rotatable bonds is 8. The number of likely N-dealkylation sites (N-methyl/N-ethyl adjacent to an activating group) is 1. The number of para-hydroxylation sites is 1. The van der Waals surface area contributed by atoms with Crippen molar-refractivity contribution in [3.05, 3.63) is 29.8 Å². The summed E-state index contributed by atoms with van der Waals surface area (Å²) in [4.78, 5) is 11.9. The molecular formula is C15H22N2O3. The molecule has 1 atom stereocenters. The van der Waals surface area contributed by atoms with E-state index in [1.807, 2.05) is 19.1 Å². The standard InChI is InChI=1S/C15H22N2O3/c1-2-17-15(14(16)19,12-7-8-12)10-20-13-6-4-3-5-11(13)9-18/h3-6,12,17-18H,2,7-10H2,1H3,(H2,16,19). The third kappa shape index (κ3) is 2.94. The molecule has 5 nitrogen and oxygen atoms in total. The first-order chi connectivity index (χ1) is 9.64. The number of primary amides is 1. The van der Waals surface area contributed by atoms with Gasteiger partial charge in [0, 0.05) is 5.56 Å². The van der Waals surface area contributed by atoms with Gasteiger partial charge in [-0.3, -0.25) is 4.79 Å². The van der Waals surface area contributed by atoms with Crippen LogP contribution < -0.4 is 15.8 Å². The summed E-state index contributed by atoms with van der Waals surface area (Å²) in [5, 5.41) is 12.5. The van der Waals surface area contributed by atoms with Crippen LogP contribution in [0.5, 0.6) is 5.75 Å². The zero-order valence-electron chi connectivity index (χ0n) is 11.8. The van der Waals surface area contributed by atoms with Crippen LogP contribution in [-0.2, 0) is 11.4 Å². The number of nitrogens with two attached hydrogens (primary N) is 1. The lowest BCUT2D eigenvalue weighted by Gasteiger charge is -2.31. The highest BCUT2D eigenvalue weighted by atomic mass is 16.5. The van der Waals surface area contributed by atoms with Crippen molar-refractivity contribution in [3.8, 4) is 5.75 Å². The lowest BCUT2D eigenvalue weighted by atomic mass is 9.93. The Balaban J connectivity index is 2.14. The van der Waals surface area contributed by atoms with Gasteiger partial charge in [0.1, 0.15) is 17.9 Å². The fourth-order valence-corrected chi connectivity index (χ4v) is 2.53. The van der Waals surface area contributed by atoms with Gasteiger partial charge in [0.05, 0.1) is 6.61 Å². The van der Waals surface area contributed by atoms with Crippen LogP contribution in [0.15, 0.2) is 24.3 Å². The summed E-state index contributed by atoms with van der Waals surface area (Å²) in [5.41, 5.74) is 5.50. The molecule has 0 heterocycles. The zero-order valence-corrected chi connectivity index (χ0v) is 11.8. The molecule has 1 saturated carbocycles. The maximum Gasteiger partial charge on any atom is 0.241 e. The molecule has 1 aliphatic rings. The molecule has 20 heavy (non-hydrogen) atoms. The number of carbonyl (C=O) groups is 1. The SMILES string of the molecule is CCNC(COc1ccccc1CO)(C(N)=O)C1CC1. The van der Waals surface area contributed by atoms with Crippen molar-refractivity contribution >= 4 is 5.91 Å². The predicted octanol–water partition coefficient (Wildman–Crippen LogP) is 0.801. The maximum atomic E-state index is 11.9. The highest BCUT2D eigenvalue weighted by Crippen LogP contribution is 2.40. The first kappa shape index (κ1) is 14.8. The molecular weight excluding hydrogens is 256 g/mol. The minimum Gasteiger partial charge on any atom is -0.491 e. The van der Waals surface area contributed by atoms with Crippen LogP contribution in [0.4, 0.5) is 0 Å². The van der Waals surface area contributed by atoms with E-state index in [0.29, 0.717) is 17.9 Å². The molecule has 0 spiro atoms. The number of amides is 1. The number of benzene rings is 1. The van der Waals surface area contributed by atoms with Gasteiger partial charge in [-0.2, -0.15) is 0 Å². The van der Waals surface area contributed by atoms with E-state index >= 15 is 0 Å². The van der Waals surface area contributed by atoms with Crippen molar-refractivity contribution in [1.29, 1.82) is 0 Å². The Morgan fingerprint density at radius 1 is 1.50 bits per heavy atom. The smallest absolute Gasteiger partial charge is 0.241 e. The molecule has 2 rings (SSSR count). The normalized spacial score (nSPS) is 17.5. The minimum absolute atomic E-state index is 0.0929. The molecule has 1 aromatic carbocycles. The van der Waals surface area contributed by atoms with Crippen molar-refractivity contribution in [2.45, 2.75) is 31.9 Å². The number of aliphatic hydroxyl groups is 1. The number of nitrogens with one attached hydrogen (secondary N) is 1. The van der Waals surface area contributed by atoms with E-state index in [9.17, 15) is 9.90 Å².